The monoisotopic (exact) mass is 337 g/mol. The van der Waals surface area contributed by atoms with E-state index in [2.05, 4.69) is 19.9 Å². The summed E-state index contributed by atoms with van der Waals surface area (Å²) in [5.74, 6) is 0.973. The molecule has 1 aromatic carbocycles. The minimum atomic E-state index is -0.346. The lowest BCUT2D eigenvalue weighted by molar-refractivity contribution is 0.0706. The van der Waals surface area contributed by atoms with E-state index in [-0.39, 0.29) is 17.5 Å². The van der Waals surface area contributed by atoms with Crippen LogP contribution in [0.2, 0.25) is 0 Å². The zero-order chi connectivity index (χ0) is 17.4. The van der Waals surface area contributed by atoms with Gasteiger partial charge in [0.05, 0.1) is 11.0 Å². The molecule has 1 amide bonds. The Morgan fingerprint density at radius 1 is 1.28 bits per heavy atom. The molecule has 1 unspecified atom stereocenters. The number of nitrogens with zero attached hydrogens (tertiary/aromatic N) is 3. The predicted molar refractivity (Wildman–Crippen MR) is 93.6 cm³/mol. The number of rotatable bonds is 2. The Hall–Kier alpha value is -2.96. The summed E-state index contributed by atoms with van der Waals surface area (Å²) < 4.78 is 0. The first-order chi connectivity index (χ1) is 12.1. The van der Waals surface area contributed by atoms with Gasteiger partial charge < -0.3 is 14.9 Å². The third kappa shape index (κ3) is 3.05. The van der Waals surface area contributed by atoms with Crippen molar-refractivity contribution in [3.63, 3.8) is 0 Å². The van der Waals surface area contributed by atoms with Crippen molar-refractivity contribution in [2.24, 2.45) is 0 Å². The number of aromatic nitrogens is 4. The van der Waals surface area contributed by atoms with Crippen LogP contribution < -0.4 is 5.69 Å². The van der Waals surface area contributed by atoms with Gasteiger partial charge in [-0.1, -0.05) is 0 Å². The number of aromatic amines is 2. The third-order valence-electron chi connectivity index (χ3n) is 4.69. The highest BCUT2D eigenvalue weighted by atomic mass is 16.2. The van der Waals surface area contributed by atoms with Gasteiger partial charge in [-0.2, -0.15) is 0 Å². The molecule has 0 spiro atoms. The second-order valence-electron chi connectivity index (χ2n) is 6.47. The van der Waals surface area contributed by atoms with E-state index in [9.17, 15) is 9.59 Å². The zero-order valence-electron chi connectivity index (χ0n) is 14.0. The minimum absolute atomic E-state index is 0.00950. The number of carbonyl (C=O) groups excluding carboxylic acids is 1. The molecule has 3 heterocycles. The highest BCUT2D eigenvalue weighted by Gasteiger charge is 2.26. The largest absolute Gasteiger partial charge is 0.345 e. The highest BCUT2D eigenvalue weighted by Crippen LogP contribution is 2.26. The van der Waals surface area contributed by atoms with Gasteiger partial charge in [0, 0.05) is 36.5 Å². The molecule has 1 aliphatic heterocycles. The fraction of sp³-hybridized carbons (Fsp3) is 0.333. The SMILES string of the molecule is Cc1nc2ccc(C(=O)N3CCCC(c4ccnc(=O)[nH]4)C3)cc2[nH]1. The van der Waals surface area contributed by atoms with Crippen molar-refractivity contribution in [3.8, 4) is 0 Å². The summed E-state index contributed by atoms with van der Waals surface area (Å²) in [6, 6.07) is 7.37. The summed E-state index contributed by atoms with van der Waals surface area (Å²) in [5, 5.41) is 0. The van der Waals surface area contributed by atoms with Crippen LogP contribution in [0, 0.1) is 6.92 Å². The van der Waals surface area contributed by atoms with Gasteiger partial charge in [0.1, 0.15) is 5.82 Å². The standard InChI is InChI=1S/C18H19N5O2/c1-11-20-15-5-4-12(9-16(15)21-11)17(24)23-8-2-3-13(10-23)14-6-7-19-18(25)22-14/h4-7,9,13H,2-3,8,10H2,1H3,(H,20,21)(H,19,22,25). The molecule has 128 valence electrons. The first kappa shape index (κ1) is 15.6. The van der Waals surface area contributed by atoms with Gasteiger partial charge in [0.25, 0.3) is 5.91 Å². The smallest absolute Gasteiger partial charge is 0.342 e. The van der Waals surface area contributed by atoms with Crippen LogP contribution in [0.3, 0.4) is 0 Å². The van der Waals surface area contributed by atoms with Crippen LogP contribution in [-0.2, 0) is 0 Å². The van der Waals surface area contributed by atoms with E-state index in [4.69, 9.17) is 0 Å². The molecule has 1 atom stereocenters. The molecule has 7 heteroatoms. The van der Waals surface area contributed by atoms with Crippen molar-refractivity contribution in [1.82, 2.24) is 24.8 Å². The average Bonchev–Trinajstić information content (AvgIpc) is 3.00. The van der Waals surface area contributed by atoms with E-state index in [1.807, 2.05) is 36.1 Å². The second kappa shape index (κ2) is 6.16. The molecule has 0 radical (unpaired) electrons. The van der Waals surface area contributed by atoms with Crippen LogP contribution in [0.25, 0.3) is 11.0 Å². The lowest BCUT2D eigenvalue weighted by Gasteiger charge is -2.32. The van der Waals surface area contributed by atoms with E-state index >= 15 is 0 Å². The number of hydrogen-bond donors (Lipinski definition) is 2. The summed E-state index contributed by atoms with van der Waals surface area (Å²) in [6.07, 6.45) is 3.37. The number of carbonyl (C=O) groups is 1. The molecule has 1 saturated heterocycles. The quantitative estimate of drug-likeness (QED) is 0.747. The fourth-order valence-corrected chi connectivity index (χ4v) is 3.49. The summed E-state index contributed by atoms with van der Waals surface area (Å²) in [4.78, 5) is 40.2. The number of benzene rings is 1. The summed E-state index contributed by atoms with van der Waals surface area (Å²) in [5.41, 5.74) is 2.88. The number of likely N-dealkylation sites (tertiary alicyclic amines) is 1. The van der Waals surface area contributed by atoms with Gasteiger partial charge in [0.2, 0.25) is 0 Å². The van der Waals surface area contributed by atoms with Crippen molar-refractivity contribution in [2.45, 2.75) is 25.7 Å². The maximum absolute atomic E-state index is 12.9. The minimum Gasteiger partial charge on any atom is -0.342 e. The normalized spacial score (nSPS) is 17.8. The van der Waals surface area contributed by atoms with Crippen LogP contribution in [0.5, 0.6) is 0 Å². The lowest BCUT2D eigenvalue weighted by atomic mass is 9.94. The molecule has 0 aliphatic carbocycles. The molecule has 2 N–H and O–H groups in total. The molecule has 0 saturated carbocycles. The summed E-state index contributed by atoms with van der Waals surface area (Å²) in [7, 11) is 0. The summed E-state index contributed by atoms with van der Waals surface area (Å²) in [6.45, 7) is 3.22. The number of hydrogen-bond acceptors (Lipinski definition) is 4. The van der Waals surface area contributed by atoms with Crippen LogP contribution in [0.4, 0.5) is 0 Å². The van der Waals surface area contributed by atoms with E-state index in [0.29, 0.717) is 12.1 Å². The van der Waals surface area contributed by atoms with Crippen molar-refractivity contribution >= 4 is 16.9 Å². The van der Waals surface area contributed by atoms with Gasteiger partial charge in [-0.15, -0.1) is 0 Å². The molecule has 0 bridgehead atoms. The first-order valence-electron chi connectivity index (χ1n) is 8.41. The van der Waals surface area contributed by atoms with Gasteiger partial charge in [0.15, 0.2) is 0 Å². The molecular formula is C18H19N5O2. The predicted octanol–water partition coefficient (Wildman–Crippen LogP) is 1.97. The molecule has 25 heavy (non-hydrogen) atoms. The Morgan fingerprint density at radius 3 is 3.00 bits per heavy atom. The number of aryl methyl sites for hydroxylation is 1. The zero-order valence-corrected chi connectivity index (χ0v) is 14.0. The van der Waals surface area contributed by atoms with E-state index in [0.717, 1.165) is 41.9 Å². The van der Waals surface area contributed by atoms with Crippen LogP contribution in [-0.4, -0.2) is 43.8 Å². The van der Waals surface area contributed by atoms with Crippen LogP contribution in [0.15, 0.2) is 35.3 Å². The van der Waals surface area contributed by atoms with Gasteiger partial charge in [-0.25, -0.2) is 14.8 Å². The highest BCUT2D eigenvalue weighted by molar-refractivity contribution is 5.97. The Morgan fingerprint density at radius 2 is 2.16 bits per heavy atom. The van der Waals surface area contributed by atoms with Gasteiger partial charge >= 0.3 is 5.69 Å². The molecule has 4 rings (SSSR count). The number of piperidine rings is 1. The van der Waals surface area contributed by atoms with Crippen molar-refractivity contribution < 1.29 is 4.79 Å². The van der Waals surface area contributed by atoms with Gasteiger partial charge in [-0.3, -0.25) is 4.79 Å². The van der Waals surface area contributed by atoms with Crippen molar-refractivity contribution in [1.29, 1.82) is 0 Å². The van der Waals surface area contributed by atoms with E-state index in [1.165, 1.54) is 6.20 Å². The van der Waals surface area contributed by atoms with E-state index < -0.39 is 0 Å². The molecule has 2 aromatic heterocycles. The number of amides is 1. The number of nitrogens with one attached hydrogen (secondary N) is 2. The average molecular weight is 337 g/mol. The Balaban J connectivity index is 1.57. The molecule has 1 fully saturated rings. The second-order valence-corrected chi connectivity index (χ2v) is 6.47. The molecular weight excluding hydrogens is 318 g/mol. The van der Waals surface area contributed by atoms with Crippen molar-refractivity contribution in [3.05, 3.63) is 58.0 Å². The Labute approximate surface area is 144 Å². The maximum Gasteiger partial charge on any atom is 0.345 e. The lowest BCUT2D eigenvalue weighted by Crippen LogP contribution is -2.39. The Kier molecular flexibility index (Phi) is 3.83. The summed E-state index contributed by atoms with van der Waals surface area (Å²) >= 11 is 0. The van der Waals surface area contributed by atoms with Gasteiger partial charge in [-0.05, 0) is 44.0 Å². The van der Waals surface area contributed by atoms with Crippen LogP contribution in [0.1, 0.15) is 40.6 Å². The maximum atomic E-state index is 12.9. The number of imidazole rings is 1. The molecule has 1 aliphatic rings. The molecule has 7 nitrogen and oxygen atoms in total. The number of fused-ring (bicyclic) bond motifs is 1. The topological polar surface area (TPSA) is 94.7 Å². The third-order valence-corrected chi connectivity index (χ3v) is 4.69. The van der Waals surface area contributed by atoms with E-state index in [1.54, 1.807) is 0 Å². The Bertz CT molecular complexity index is 990. The first-order valence-corrected chi connectivity index (χ1v) is 8.41. The van der Waals surface area contributed by atoms with Crippen molar-refractivity contribution in [2.75, 3.05) is 13.1 Å². The molecule has 3 aromatic rings. The van der Waals surface area contributed by atoms with Crippen LogP contribution >= 0.6 is 0 Å². The fourth-order valence-electron chi connectivity index (χ4n) is 3.49. The number of H-pyrrole nitrogens is 2.